The number of unbranched alkanes of at least 4 members (excludes halogenated alkanes) is 1. The zero-order valence-electron chi connectivity index (χ0n) is 24.5. The molecule has 43 heavy (non-hydrogen) atoms. The topological polar surface area (TPSA) is 172 Å². The van der Waals surface area contributed by atoms with E-state index in [0.29, 0.717) is 6.54 Å². The molecule has 5 N–H and O–H groups in total. The molecule has 0 saturated carbocycles. The number of aromatic hydroxyl groups is 2. The van der Waals surface area contributed by atoms with Crippen molar-refractivity contribution in [2.75, 3.05) is 13.7 Å². The lowest BCUT2D eigenvalue weighted by Gasteiger charge is -2.43. The highest BCUT2D eigenvalue weighted by atomic mass is 35.5. The van der Waals surface area contributed by atoms with Gasteiger partial charge in [0, 0.05) is 42.0 Å². The molecule has 3 aliphatic rings. The number of phenolic OH excluding ortho intramolecular Hbond substituents is 2. The molecule has 1 heterocycles. The van der Waals surface area contributed by atoms with E-state index in [1.165, 1.54) is 32.2 Å². The first-order valence-electron chi connectivity index (χ1n) is 14.3. The molecular weight excluding hydrogens is 582 g/mol. The van der Waals surface area contributed by atoms with Gasteiger partial charge in [0.15, 0.2) is 17.9 Å². The van der Waals surface area contributed by atoms with Crippen molar-refractivity contribution in [1.82, 2.24) is 5.32 Å². The fourth-order valence-electron chi connectivity index (χ4n) is 6.29. The fraction of sp³-hybridized carbons (Fsp3) is 0.516. The average molecular weight is 620 g/mol. The van der Waals surface area contributed by atoms with E-state index in [2.05, 4.69) is 12.2 Å². The van der Waals surface area contributed by atoms with E-state index in [0.717, 1.165) is 12.8 Å². The normalized spacial score (nSPS) is 27.9. The van der Waals surface area contributed by atoms with E-state index in [9.17, 15) is 34.8 Å². The second kappa shape index (κ2) is 12.5. The van der Waals surface area contributed by atoms with Crippen LogP contribution in [0.4, 0.5) is 0 Å². The number of Topliss-reactive ketones (excluding diaryl/α,β-unsaturated/α-hetero) is 1. The molecular formula is C31H38ClNO10. The number of ketones is 3. The molecule has 2 aromatic rings. The monoisotopic (exact) mass is 619 g/mol. The Bertz CT molecular complexity index is 1440. The van der Waals surface area contributed by atoms with Gasteiger partial charge >= 0.3 is 0 Å². The summed E-state index contributed by atoms with van der Waals surface area (Å²) < 4.78 is 17.5. The Morgan fingerprint density at radius 1 is 1.14 bits per heavy atom. The molecule has 5 rings (SSSR count). The summed E-state index contributed by atoms with van der Waals surface area (Å²) in [5, 5.41) is 48.4. The second-order valence-electron chi connectivity index (χ2n) is 11.4. The second-order valence-corrected chi connectivity index (χ2v) is 11.4. The number of benzene rings is 2. The third-order valence-electron chi connectivity index (χ3n) is 8.69. The summed E-state index contributed by atoms with van der Waals surface area (Å²) in [7, 11) is 1.35. The summed E-state index contributed by atoms with van der Waals surface area (Å²) in [5.41, 5.74) is -2.91. The number of aliphatic hydroxyl groups is 2. The van der Waals surface area contributed by atoms with Crippen molar-refractivity contribution < 1.29 is 49.0 Å². The lowest BCUT2D eigenvalue weighted by atomic mass is 9.72. The van der Waals surface area contributed by atoms with Crippen molar-refractivity contribution in [2.45, 2.75) is 89.1 Å². The van der Waals surface area contributed by atoms with Crippen LogP contribution in [0.5, 0.6) is 17.2 Å². The first kappa shape index (κ1) is 32.8. The number of methoxy groups -OCH3 is 1. The number of carbonyl (C=O) groups excluding carboxylic acids is 3. The standard InChI is InChI=1S/C31H37NO10.ClH/c1-5-6-10-32-18-11-21(41-14(2)26(18)34)42-20-13-31(39,15(3)33)12-17-23(20)30(38)25-24(28(17)36)27(35)16-8-7-9-19(40-4)22(16)29(25)37;/h7-9,14,18,20-21,26,32,34,36,38-39H,5-6,10-13H2,1-4H3;1H. The Labute approximate surface area is 255 Å². The van der Waals surface area contributed by atoms with Gasteiger partial charge in [0.1, 0.15) is 22.8 Å². The minimum Gasteiger partial charge on any atom is -0.507 e. The molecule has 11 nitrogen and oxygen atoms in total. The van der Waals surface area contributed by atoms with Gasteiger partial charge in [-0.25, -0.2) is 0 Å². The summed E-state index contributed by atoms with van der Waals surface area (Å²) in [5.74, 6) is -3.07. The molecule has 2 aliphatic carbocycles. The number of phenols is 2. The lowest BCUT2D eigenvalue weighted by Crippen LogP contribution is -2.54. The third-order valence-corrected chi connectivity index (χ3v) is 8.69. The van der Waals surface area contributed by atoms with E-state index in [1.54, 1.807) is 6.92 Å². The predicted octanol–water partition coefficient (Wildman–Crippen LogP) is 2.88. The Balaban J connectivity index is 0.00000423. The van der Waals surface area contributed by atoms with Crippen LogP contribution in [0.15, 0.2) is 18.2 Å². The van der Waals surface area contributed by atoms with Crippen LogP contribution >= 0.6 is 12.4 Å². The van der Waals surface area contributed by atoms with Gasteiger partial charge in [0.05, 0.1) is 42.1 Å². The highest BCUT2D eigenvalue weighted by Crippen LogP contribution is 2.52. The smallest absolute Gasteiger partial charge is 0.202 e. The van der Waals surface area contributed by atoms with Gasteiger partial charge in [0.2, 0.25) is 5.78 Å². The SMILES string of the molecule is CCCCNC1CC(OC2CC(O)(C(C)=O)Cc3c(O)c4c(c(O)c32)C(=O)c2c(OC)cccc2C4=O)OC(C)C1O.Cl. The van der Waals surface area contributed by atoms with Crippen molar-refractivity contribution in [3.05, 3.63) is 51.6 Å². The van der Waals surface area contributed by atoms with E-state index in [1.807, 2.05) is 0 Å². The Hall–Kier alpha value is -3.06. The number of rotatable bonds is 8. The number of halogens is 1. The zero-order chi connectivity index (χ0) is 30.5. The van der Waals surface area contributed by atoms with E-state index >= 15 is 0 Å². The number of ether oxygens (including phenoxy) is 3. The Kier molecular flexibility index (Phi) is 9.55. The number of aliphatic hydroxyl groups excluding tert-OH is 1. The van der Waals surface area contributed by atoms with Gasteiger partial charge in [-0.05, 0) is 32.9 Å². The number of hydrogen-bond donors (Lipinski definition) is 5. The number of fused-ring (bicyclic) bond motifs is 3. The molecule has 6 unspecified atom stereocenters. The maximum absolute atomic E-state index is 13.8. The number of nitrogens with one attached hydrogen (secondary N) is 1. The molecule has 234 valence electrons. The van der Waals surface area contributed by atoms with Gasteiger partial charge < -0.3 is 40.0 Å². The molecule has 0 aromatic heterocycles. The molecule has 0 spiro atoms. The van der Waals surface area contributed by atoms with Gasteiger partial charge in [-0.1, -0.05) is 25.5 Å². The molecule has 2 aromatic carbocycles. The highest BCUT2D eigenvalue weighted by molar-refractivity contribution is 6.31. The van der Waals surface area contributed by atoms with Crippen LogP contribution < -0.4 is 10.1 Å². The van der Waals surface area contributed by atoms with Crippen molar-refractivity contribution in [3.8, 4) is 17.2 Å². The first-order valence-corrected chi connectivity index (χ1v) is 14.3. The summed E-state index contributed by atoms with van der Waals surface area (Å²) in [4.78, 5) is 40.0. The zero-order valence-corrected chi connectivity index (χ0v) is 25.3. The Morgan fingerprint density at radius 2 is 1.84 bits per heavy atom. The van der Waals surface area contributed by atoms with Crippen LogP contribution in [0, 0.1) is 0 Å². The maximum Gasteiger partial charge on any atom is 0.202 e. The molecule has 0 bridgehead atoms. The van der Waals surface area contributed by atoms with Crippen LogP contribution in [-0.2, 0) is 20.7 Å². The van der Waals surface area contributed by atoms with E-state index in [-0.39, 0.29) is 59.3 Å². The minimum atomic E-state index is -1.99. The molecule has 0 amide bonds. The Morgan fingerprint density at radius 3 is 2.49 bits per heavy atom. The van der Waals surface area contributed by atoms with Crippen LogP contribution in [0.3, 0.4) is 0 Å². The summed E-state index contributed by atoms with van der Waals surface area (Å²) >= 11 is 0. The number of carbonyl (C=O) groups is 3. The van der Waals surface area contributed by atoms with Crippen LogP contribution in [0.2, 0.25) is 0 Å². The largest absolute Gasteiger partial charge is 0.507 e. The van der Waals surface area contributed by atoms with Crippen molar-refractivity contribution in [1.29, 1.82) is 0 Å². The van der Waals surface area contributed by atoms with Crippen LogP contribution in [0.25, 0.3) is 0 Å². The molecule has 1 aliphatic heterocycles. The van der Waals surface area contributed by atoms with Gasteiger partial charge in [-0.15, -0.1) is 12.4 Å². The lowest BCUT2D eigenvalue weighted by molar-refractivity contribution is -0.249. The molecule has 1 fully saturated rings. The summed E-state index contributed by atoms with van der Waals surface area (Å²) in [6.07, 6.45) is -2.16. The molecule has 0 radical (unpaired) electrons. The van der Waals surface area contributed by atoms with Crippen LogP contribution in [0.1, 0.15) is 95.5 Å². The molecule has 1 saturated heterocycles. The van der Waals surface area contributed by atoms with E-state index < -0.39 is 76.6 Å². The number of hydrogen-bond acceptors (Lipinski definition) is 11. The summed E-state index contributed by atoms with van der Waals surface area (Å²) in [6, 6.07) is 4.11. The quantitative estimate of drug-likeness (QED) is 0.185. The first-order chi connectivity index (χ1) is 19.9. The van der Waals surface area contributed by atoms with Gasteiger partial charge in [0.25, 0.3) is 0 Å². The van der Waals surface area contributed by atoms with Gasteiger partial charge in [-0.2, -0.15) is 0 Å². The fourth-order valence-corrected chi connectivity index (χ4v) is 6.29. The minimum absolute atomic E-state index is 0. The van der Waals surface area contributed by atoms with Crippen molar-refractivity contribution in [2.24, 2.45) is 0 Å². The predicted molar refractivity (Wildman–Crippen MR) is 156 cm³/mol. The average Bonchev–Trinajstić information content (AvgIpc) is 2.95. The maximum atomic E-state index is 13.8. The highest BCUT2D eigenvalue weighted by Gasteiger charge is 2.49. The van der Waals surface area contributed by atoms with Crippen LogP contribution in [-0.4, -0.2) is 81.6 Å². The third kappa shape index (κ3) is 5.54. The van der Waals surface area contributed by atoms with Gasteiger partial charge in [-0.3, -0.25) is 14.4 Å². The molecule has 6 atom stereocenters. The van der Waals surface area contributed by atoms with Crippen molar-refractivity contribution >= 4 is 29.8 Å². The van der Waals surface area contributed by atoms with Crippen molar-refractivity contribution in [3.63, 3.8) is 0 Å². The summed E-state index contributed by atoms with van der Waals surface area (Å²) in [6.45, 7) is 5.64. The van der Waals surface area contributed by atoms with E-state index in [4.69, 9.17) is 14.2 Å². The molecule has 12 heteroatoms.